The standard InChI is InChI=1S/C20H21Cl2N5O2S/c1-10-7-13(29-2)15(22)17(14(10)21)27-20(28)12-8-30-18-16(12)24-9-25-19(18)26-11-3-5-23-6-4-11/h7-9,11,23H,3-6H2,1-2H3,(H,27,28)(H,24,25,26). The molecule has 1 aliphatic heterocycles. The Morgan fingerprint density at radius 2 is 2.03 bits per heavy atom. The number of aromatic nitrogens is 2. The third-order valence-electron chi connectivity index (χ3n) is 5.09. The number of nitrogens with zero attached hydrogens (tertiary/aromatic N) is 2. The first-order chi connectivity index (χ1) is 14.5. The van der Waals surface area contributed by atoms with E-state index in [4.69, 9.17) is 27.9 Å². The fraction of sp³-hybridized carbons (Fsp3) is 0.350. The number of anilines is 2. The number of benzene rings is 1. The predicted octanol–water partition coefficient (Wildman–Crippen LogP) is 4.73. The quantitative estimate of drug-likeness (QED) is 0.504. The number of aryl methyl sites for hydroxylation is 1. The molecule has 0 radical (unpaired) electrons. The molecule has 30 heavy (non-hydrogen) atoms. The Morgan fingerprint density at radius 3 is 2.77 bits per heavy atom. The monoisotopic (exact) mass is 465 g/mol. The molecule has 0 unspecified atom stereocenters. The number of piperidine rings is 1. The number of carbonyl (C=O) groups is 1. The first-order valence-electron chi connectivity index (χ1n) is 9.53. The van der Waals surface area contributed by atoms with E-state index in [0.717, 1.165) is 42.0 Å². The molecule has 3 N–H and O–H groups in total. The van der Waals surface area contributed by atoms with E-state index in [1.165, 1.54) is 24.8 Å². The van der Waals surface area contributed by atoms with Gasteiger partial charge in [0.25, 0.3) is 5.91 Å². The summed E-state index contributed by atoms with van der Waals surface area (Å²) in [6.45, 7) is 3.78. The van der Waals surface area contributed by atoms with Crippen molar-refractivity contribution in [3.63, 3.8) is 0 Å². The molecule has 1 saturated heterocycles. The highest BCUT2D eigenvalue weighted by Gasteiger charge is 2.22. The number of amides is 1. The van der Waals surface area contributed by atoms with Crippen LogP contribution in [0.4, 0.5) is 11.5 Å². The number of fused-ring (bicyclic) bond motifs is 1. The lowest BCUT2D eigenvalue weighted by molar-refractivity contribution is 0.102. The number of carbonyl (C=O) groups excluding carboxylic acids is 1. The van der Waals surface area contributed by atoms with Crippen molar-refractivity contribution in [2.24, 2.45) is 0 Å². The summed E-state index contributed by atoms with van der Waals surface area (Å²) < 4.78 is 6.13. The number of nitrogens with one attached hydrogen (secondary N) is 3. The average Bonchev–Trinajstić information content (AvgIpc) is 3.20. The van der Waals surface area contributed by atoms with Crippen molar-refractivity contribution in [3.05, 3.63) is 38.9 Å². The van der Waals surface area contributed by atoms with Gasteiger partial charge in [0.15, 0.2) is 0 Å². The largest absolute Gasteiger partial charge is 0.495 e. The minimum Gasteiger partial charge on any atom is -0.495 e. The number of hydrogen-bond donors (Lipinski definition) is 3. The summed E-state index contributed by atoms with van der Waals surface area (Å²) in [7, 11) is 1.51. The third kappa shape index (κ3) is 4.05. The van der Waals surface area contributed by atoms with E-state index in [1.807, 2.05) is 6.92 Å². The zero-order valence-electron chi connectivity index (χ0n) is 16.5. The van der Waals surface area contributed by atoms with Crippen LogP contribution in [0.5, 0.6) is 5.75 Å². The van der Waals surface area contributed by atoms with Gasteiger partial charge >= 0.3 is 0 Å². The average molecular weight is 466 g/mol. The molecule has 1 aromatic carbocycles. The van der Waals surface area contributed by atoms with E-state index in [-0.39, 0.29) is 10.9 Å². The van der Waals surface area contributed by atoms with E-state index in [0.29, 0.717) is 33.6 Å². The van der Waals surface area contributed by atoms with Crippen LogP contribution in [0.25, 0.3) is 10.2 Å². The fourth-order valence-corrected chi connectivity index (χ4v) is 4.92. The van der Waals surface area contributed by atoms with E-state index < -0.39 is 0 Å². The highest BCUT2D eigenvalue weighted by atomic mass is 35.5. The second kappa shape index (κ2) is 8.93. The summed E-state index contributed by atoms with van der Waals surface area (Å²) in [5, 5.41) is 12.1. The fourth-order valence-electron chi connectivity index (χ4n) is 3.45. The molecule has 1 amide bonds. The number of halogens is 2. The van der Waals surface area contributed by atoms with Gasteiger partial charge in [-0.15, -0.1) is 11.3 Å². The topological polar surface area (TPSA) is 88.2 Å². The van der Waals surface area contributed by atoms with Crippen LogP contribution >= 0.6 is 34.5 Å². The molecule has 158 valence electrons. The Labute approximate surface area is 188 Å². The van der Waals surface area contributed by atoms with Gasteiger partial charge in [-0.1, -0.05) is 23.2 Å². The minimum absolute atomic E-state index is 0.254. The summed E-state index contributed by atoms with van der Waals surface area (Å²) >= 11 is 14.2. The van der Waals surface area contributed by atoms with Crippen LogP contribution in [0.2, 0.25) is 10.0 Å². The second-order valence-electron chi connectivity index (χ2n) is 7.07. The Balaban J connectivity index is 1.64. The minimum atomic E-state index is -0.343. The lowest BCUT2D eigenvalue weighted by atomic mass is 10.1. The maximum Gasteiger partial charge on any atom is 0.258 e. The normalized spacial score (nSPS) is 14.7. The smallest absolute Gasteiger partial charge is 0.258 e. The first kappa shape index (κ1) is 21.1. The molecule has 1 aliphatic rings. The summed E-state index contributed by atoms with van der Waals surface area (Å²) in [6, 6.07) is 2.08. The Kier molecular flexibility index (Phi) is 6.29. The Hall–Kier alpha value is -2.13. The number of ether oxygens (including phenoxy) is 1. The maximum atomic E-state index is 13.1. The van der Waals surface area contributed by atoms with Gasteiger partial charge in [-0.25, -0.2) is 9.97 Å². The molecule has 4 rings (SSSR count). The number of hydrogen-bond acceptors (Lipinski definition) is 7. The van der Waals surface area contributed by atoms with Crippen molar-refractivity contribution >= 4 is 62.2 Å². The van der Waals surface area contributed by atoms with E-state index in [9.17, 15) is 4.79 Å². The van der Waals surface area contributed by atoms with Crippen LogP contribution < -0.4 is 20.7 Å². The molecule has 2 aromatic heterocycles. The molecule has 10 heteroatoms. The predicted molar refractivity (Wildman–Crippen MR) is 123 cm³/mol. The molecule has 3 heterocycles. The van der Waals surface area contributed by atoms with Crippen LogP contribution in [-0.2, 0) is 0 Å². The van der Waals surface area contributed by atoms with Gasteiger partial charge in [0.1, 0.15) is 22.9 Å². The van der Waals surface area contributed by atoms with Crippen LogP contribution in [0.1, 0.15) is 28.8 Å². The zero-order chi connectivity index (χ0) is 21.3. The van der Waals surface area contributed by atoms with Crippen molar-refractivity contribution in [3.8, 4) is 5.75 Å². The molecule has 0 saturated carbocycles. The van der Waals surface area contributed by atoms with Crippen molar-refractivity contribution in [1.82, 2.24) is 15.3 Å². The van der Waals surface area contributed by atoms with Gasteiger partial charge in [0, 0.05) is 11.4 Å². The van der Waals surface area contributed by atoms with Crippen molar-refractivity contribution in [2.45, 2.75) is 25.8 Å². The van der Waals surface area contributed by atoms with E-state index in [2.05, 4.69) is 25.9 Å². The summed E-state index contributed by atoms with van der Waals surface area (Å²) in [6.07, 6.45) is 3.53. The first-order valence-corrected chi connectivity index (χ1v) is 11.2. The summed E-state index contributed by atoms with van der Waals surface area (Å²) in [5.74, 6) is 0.855. The summed E-state index contributed by atoms with van der Waals surface area (Å²) in [4.78, 5) is 21.8. The highest BCUT2D eigenvalue weighted by molar-refractivity contribution is 7.18. The number of methoxy groups -OCH3 is 1. The van der Waals surface area contributed by atoms with Crippen LogP contribution in [0.15, 0.2) is 17.8 Å². The van der Waals surface area contributed by atoms with Crippen molar-refractivity contribution < 1.29 is 9.53 Å². The van der Waals surface area contributed by atoms with Gasteiger partial charge in [-0.05, 0) is 44.5 Å². The lowest BCUT2D eigenvalue weighted by Crippen LogP contribution is -2.35. The number of rotatable bonds is 5. The lowest BCUT2D eigenvalue weighted by Gasteiger charge is -2.24. The third-order valence-corrected chi connectivity index (χ3v) is 6.92. The molecule has 3 aromatic rings. The molecular weight excluding hydrogens is 445 g/mol. The van der Waals surface area contributed by atoms with Gasteiger partial charge in [0.05, 0.1) is 33.6 Å². The van der Waals surface area contributed by atoms with Gasteiger partial charge in [0.2, 0.25) is 0 Å². The summed E-state index contributed by atoms with van der Waals surface area (Å²) in [5.41, 5.74) is 2.11. The SMILES string of the molecule is COc1cc(C)c(Cl)c(NC(=O)c2csc3c(NC4CCNCC4)ncnc23)c1Cl. The van der Waals surface area contributed by atoms with Crippen molar-refractivity contribution in [1.29, 1.82) is 0 Å². The maximum absolute atomic E-state index is 13.1. The highest BCUT2D eigenvalue weighted by Crippen LogP contribution is 2.41. The van der Waals surface area contributed by atoms with Crippen LogP contribution in [0, 0.1) is 6.92 Å². The molecule has 7 nitrogen and oxygen atoms in total. The van der Waals surface area contributed by atoms with Gasteiger partial charge in [-0.3, -0.25) is 4.79 Å². The van der Waals surface area contributed by atoms with Crippen molar-refractivity contribution in [2.75, 3.05) is 30.8 Å². The second-order valence-corrected chi connectivity index (χ2v) is 8.71. The molecule has 0 bridgehead atoms. The van der Waals surface area contributed by atoms with E-state index in [1.54, 1.807) is 11.4 Å². The number of thiophene rings is 1. The van der Waals surface area contributed by atoms with E-state index >= 15 is 0 Å². The molecule has 0 aliphatic carbocycles. The molecular formula is C20H21Cl2N5O2S. The zero-order valence-corrected chi connectivity index (χ0v) is 18.8. The van der Waals surface area contributed by atoms with Crippen LogP contribution in [0.3, 0.4) is 0 Å². The molecule has 0 spiro atoms. The molecule has 0 atom stereocenters. The Morgan fingerprint density at radius 1 is 1.27 bits per heavy atom. The van der Waals surface area contributed by atoms with Gasteiger partial charge in [-0.2, -0.15) is 0 Å². The Bertz CT molecular complexity index is 1100. The van der Waals surface area contributed by atoms with Gasteiger partial charge < -0.3 is 20.7 Å². The molecule has 1 fully saturated rings. The van der Waals surface area contributed by atoms with Crippen LogP contribution in [-0.4, -0.2) is 42.1 Å².